The fraction of sp³-hybridized carbons (Fsp3) is 0.160. The highest BCUT2D eigenvalue weighted by Crippen LogP contribution is 2.29. The summed E-state index contributed by atoms with van der Waals surface area (Å²) in [6.07, 6.45) is 3.86. The van der Waals surface area contributed by atoms with Crippen molar-refractivity contribution in [2.45, 2.75) is 13.0 Å². The van der Waals surface area contributed by atoms with Gasteiger partial charge in [0.05, 0.1) is 23.9 Å². The summed E-state index contributed by atoms with van der Waals surface area (Å²) in [4.78, 5) is 21.8. The van der Waals surface area contributed by atoms with Crippen molar-refractivity contribution >= 4 is 16.8 Å². The van der Waals surface area contributed by atoms with Crippen LogP contribution >= 0.6 is 0 Å². The number of ether oxygens (including phenoxy) is 2. The van der Waals surface area contributed by atoms with Crippen LogP contribution in [0.25, 0.3) is 22.2 Å². The number of pyridine rings is 2. The molecule has 0 saturated carbocycles. The number of carbonyl (C=O) groups is 1. The van der Waals surface area contributed by atoms with E-state index in [1.54, 1.807) is 30.6 Å². The first-order valence-electron chi connectivity index (χ1n) is 10.3. The van der Waals surface area contributed by atoms with Crippen LogP contribution in [0.3, 0.4) is 0 Å². The van der Waals surface area contributed by atoms with Crippen molar-refractivity contribution < 1.29 is 23.0 Å². The second-order valence-corrected chi connectivity index (χ2v) is 7.18. The van der Waals surface area contributed by atoms with E-state index in [1.165, 1.54) is 13.2 Å². The molecule has 4 aromatic rings. The zero-order chi connectivity index (χ0) is 23.2. The Bertz CT molecular complexity index is 1270. The average Bonchev–Trinajstić information content (AvgIpc) is 2.84. The molecular formula is C25H21F2N3O3. The van der Waals surface area contributed by atoms with Crippen molar-refractivity contribution in [2.24, 2.45) is 0 Å². The molecule has 0 fully saturated rings. The molecule has 0 radical (unpaired) electrons. The van der Waals surface area contributed by atoms with Crippen LogP contribution in [-0.2, 0) is 6.42 Å². The van der Waals surface area contributed by atoms with Gasteiger partial charge in [0.15, 0.2) is 11.5 Å². The molecule has 6 nitrogen and oxygen atoms in total. The largest absolute Gasteiger partial charge is 0.493 e. The Morgan fingerprint density at radius 2 is 1.91 bits per heavy atom. The molecule has 0 saturated heterocycles. The lowest BCUT2D eigenvalue weighted by atomic mass is 10.0. The summed E-state index contributed by atoms with van der Waals surface area (Å²) in [5, 5.41) is 3.68. The van der Waals surface area contributed by atoms with Gasteiger partial charge in [-0.15, -0.1) is 0 Å². The van der Waals surface area contributed by atoms with E-state index in [1.807, 2.05) is 36.4 Å². The molecule has 2 aromatic heterocycles. The Morgan fingerprint density at radius 3 is 2.67 bits per heavy atom. The van der Waals surface area contributed by atoms with Gasteiger partial charge in [-0.25, -0.2) is 4.98 Å². The monoisotopic (exact) mass is 449 g/mol. The Morgan fingerprint density at radius 1 is 1.06 bits per heavy atom. The minimum absolute atomic E-state index is 0.0357. The number of carbonyl (C=O) groups excluding carboxylic acids is 1. The van der Waals surface area contributed by atoms with Gasteiger partial charge in [0.2, 0.25) is 0 Å². The lowest BCUT2D eigenvalue weighted by Crippen LogP contribution is -2.26. The van der Waals surface area contributed by atoms with Crippen LogP contribution < -0.4 is 14.8 Å². The van der Waals surface area contributed by atoms with Crippen LogP contribution in [0.5, 0.6) is 11.5 Å². The van der Waals surface area contributed by atoms with Gasteiger partial charge in [-0.05, 0) is 48.4 Å². The van der Waals surface area contributed by atoms with Crippen molar-refractivity contribution in [3.8, 4) is 22.8 Å². The number of benzene rings is 2. The fourth-order valence-corrected chi connectivity index (χ4v) is 3.50. The molecule has 0 aliphatic carbocycles. The smallest absolute Gasteiger partial charge is 0.387 e. The van der Waals surface area contributed by atoms with E-state index in [0.29, 0.717) is 29.7 Å². The summed E-state index contributed by atoms with van der Waals surface area (Å²) < 4.78 is 34.6. The quantitative estimate of drug-likeness (QED) is 0.415. The summed E-state index contributed by atoms with van der Waals surface area (Å²) in [6, 6.07) is 17.6. The zero-order valence-electron chi connectivity index (χ0n) is 17.8. The van der Waals surface area contributed by atoms with E-state index >= 15 is 0 Å². The molecule has 4 rings (SSSR count). The molecule has 1 N–H and O–H groups in total. The van der Waals surface area contributed by atoms with Crippen LogP contribution in [0, 0.1) is 0 Å². The van der Waals surface area contributed by atoms with Gasteiger partial charge >= 0.3 is 6.61 Å². The van der Waals surface area contributed by atoms with Crippen molar-refractivity contribution in [3.05, 3.63) is 84.2 Å². The van der Waals surface area contributed by atoms with E-state index in [9.17, 15) is 13.6 Å². The Balaban J connectivity index is 1.51. The lowest BCUT2D eigenvalue weighted by Gasteiger charge is -2.12. The number of halogens is 2. The topological polar surface area (TPSA) is 73.3 Å². The maximum absolute atomic E-state index is 13.0. The van der Waals surface area contributed by atoms with Crippen LogP contribution in [-0.4, -0.2) is 36.1 Å². The molecule has 0 spiro atoms. The SMILES string of the molecule is COc1cc(CCNC(=O)c2cc(-c3cccnc3)nc3ccccc23)ccc1OC(F)F. The van der Waals surface area contributed by atoms with Gasteiger partial charge in [-0.3, -0.25) is 9.78 Å². The highest BCUT2D eigenvalue weighted by atomic mass is 19.3. The minimum Gasteiger partial charge on any atom is -0.493 e. The molecule has 8 heteroatoms. The number of amides is 1. The second-order valence-electron chi connectivity index (χ2n) is 7.18. The molecule has 0 aliphatic rings. The van der Waals surface area contributed by atoms with E-state index in [0.717, 1.165) is 16.5 Å². The van der Waals surface area contributed by atoms with Crippen LogP contribution in [0.15, 0.2) is 73.1 Å². The molecule has 1 amide bonds. The first-order chi connectivity index (χ1) is 16.0. The summed E-state index contributed by atoms with van der Waals surface area (Å²) in [5.74, 6) is -0.0600. The van der Waals surface area contributed by atoms with Crippen LogP contribution in [0.4, 0.5) is 8.78 Å². The summed E-state index contributed by atoms with van der Waals surface area (Å²) in [6.45, 7) is -2.59. The third kappa shape index (κ3) is 5.23. The van der Waals surface area contributed by atoms with E-state index in [4.69, 9.17) is 4.74 Å². The molecule has 0 atom stereocenters. The average molecular weight is 449 g/mol. The molecular weight excluding hydrogens is 428 g/mol. The van der Waals surface area contributed by atoms with Gasteiger partial charge in [0.1, 0.15) is 0 Å². The zero-order valence-corrected chi connectivity index (χ0v) is 17.8. The highest BCUT2D eigenvalue weighted by molar-refractivity contribution is 6.07. The number of hydrogen-bond donors (Lipinski definition) is 1. The first kappa shape index (κ1) is 22.1. The second kappa shape index (κ2) is 10.0. The fourth-order valence-electron chi connectivity index (χ4n) is 3.50. The van der Waals surface area contributed by atoms with E-state index in [-0.39, 0.29) is 17.4 Å². The number of nitrogens with zero attached hydrogens (tertiary/aromatic N) is 2. The van der Waals surface area contributed by atoms with Crippen molar-refractivity contribution in [1.82, 2.24) is 15.3 Å². The standard InChI is InChI=1S/C25H21F2N3O3/c1-32-23-13-16(8-9-22(23)33-25(26)27)10-12-29-24(31)19-14-21(17-5-4-11-28-15-17)30-20-7-3-2-6-18(19)20/h2-9,11,13-15,25H,10,12H2,1H3,(H,29,31). The normalized spacial score (nSPS) is 10.9. The third-order valence-electron chi connectivity index (χ3n) is 5.06. The number of fused-ring (bicyclic) bond motifs is 1. The first-order valence-corrected chi connectivity index (χ1v) is 10.3. The van der Waals surface area contributed by atoms with Crippen molar-refractivity contribution in [3.63, 3.8) is 0 Å². The predicted molar refractivity (Wildman–Crippen MR) is 121 cm³/mol. The number of alkyl halides is 2. The number of aromatic nitrogens is 2. The van der Waals surface area contributed by atoms with Gasteiger partial charge in [-0.1, -0.05) is 24.3 Å². The van der Waals surface area contributed by atoms with Crippen molar-refractivity contribution in [2.75, 3.05) is 13.7 Å². The van der Waals surface area contributed by atoms with E-state index < -0.39 is 6.61 Å². The van der Waals surface area contributed by atoms with E-state index in [2.05, 4.69) is 20.0 Å². The van der Waals surface area contributed by atoms with Crippen molar-refractivity contribution in [1.29, 1.82) is 0 Å². The third-order valence-corrected chi connectivity index (χ3v) is 5.06. The van der Waals surface area contributed by atoms with Gasteiger partial charge < -0.3 is 14.8 Å². The highest BCUT2D eigenvalue weighted by Gasteiger charge is 2.15. The number of para-hydroxylation sites is 1. The van der Waals surface area contributed by atoms with Gasteiger partial charge in [0.25, 0.3) is 5.91 Å². The van der Waals surface area contributed by atoms with Gasteiger partial charge in [-0.2, -0.15) is 8.78 Å². The molecule has 0 bridgehead atoms. The van der Waals surface area contributed by atoms with Crippen LogP contribution in [0.2, 0.25) is 0 Å². The molecule has 168 valence electrons. The Hall–Kier alpha value is -4.07. The molecule has 2 aromatic carbocycles. The molecule has 0 aliphatic heterocycles. The maximum Gasteiger partial charge on any atom is 0.387 e. The van der Waals surface area contributed by atoms with Gasteiger partial charge in [0, 0.05) is 29.9 Å². The molecule has 33 heavy (non-hydrogen) atoms. The predicted octanol–water partition coefficient (Wildman–Crippen LogP) is 4.88. The Labute approximate surface area is 189 Å². The summed E-state index contributed by atoms with van der Waals surface area (Å²) >= 11 is 0. The summed E-state index contributed by atoms with van der Waals surface area (Å²) in [5.41, 5.74) is 3.51. The number of nitrogens with one attached hydrogen (secondary N) is 1. The molecule has 2 heterocycles. The number of hydrogen-bond acceptors (Lipinski definition) is 5. The maximum atomic E-state index is 13.0. The lowest BCUT2D eigenvalue weighted by molar-refractivity contribution is -0.0512. The summed E-state index contributed by atoms with van der Waals surface area (Å²) in [7, 11) is 1.38. The minimum atomic E-state index is -2.93. The number of rotatable bonds is 8. The van der Waals surface area contributed by atoms with Crippen LogP contribution in [0.1, 0.15) is 15.9 Å². The number of methoxy groups -OCH3 is 1. The Kier molecular flexibility index (Phi) is 6.73. The molecule has 0 unspecified atom stereocenters.